The predicted octanol–water partition coefficient (Wildman–Crippen LogP) is 4.73. The summed E-state index contributed by atoms with van der Waals surface area (Å²) in [5, 5.41) is 14.6. The second kappa shape index (κ2) is 6.14. The van der Waals surface area contributed by atoms with Gasteiger partial charge in [-0.1, -0.05) is 23.2 Å². The number of anilines is 1. The molecule has 1 heterocycles. The lowest BCUT2D eigenvalue weighted by Crippen LogP contribution is -2.01. The van der Waals surface area contributed by atoms with Gasteiger partial charge in [0.15, 0.2) is 0 Å². The second-order valence-corrected chi connectivity index (χ2v) is 6.05. The van der Waals surface area contributed by atoms with Crippen LogP contribution in [-0.2, 0) is 6.54 Å². The van der Waals surface area contributed by atoms with Gasteiger partial charge < -0.3 is 14.8 Å². The quantitative estimate of drug-likeness (QED) is 0.671. The maximum absolute atomic E-state index is 11.5. The largest absolute Gasteiger partial charge is 0.506 e. The van der Waals surface area contributed by atoms with Crippen molar-refractivity contribution in [2.75, 3.05) is 5.32 Å². The highest BCUT2D eigenvalue weighted by atomic mass is 35.5. The average molecular weight is 350 g/mol. The monoisotopic (exact) mass is 349 g/mol. The molecule has 1 aromatic heterocycles. The van der Waals surface area contributed by atoms with Crippen molar-refractivity contribution >= 4 is 39.9 Å². The summed E-state index contributed by atoms with van der Waals surface area (Å²) in [6.45, 7) is 2.19. The van der Waals surface area contributed by atoms with Gasteiger partial charge in [0.2, 0.25) is 0 Å². The summed E-state index contributed by atoms with van der Waals surface area (Å²) in [4.78, 5) is 11.5. The van der Waals surface area contributed by atoms with Crippen molar-refractivity contribution in [3.63, 3.8) is 0 Å². The molecule has 0 amide bonds. The van der Waals surface area contributed by atoms with Crippen molar-refractivity contribution in [3.8, 4) is 5.75 Å². The van der Waals surface area contributed by atoms with E-state index in [9.17, 15) is 9.90 Å². The van der Waals surface area contributed by atoms with Crippen LogP contribution in [0, 0.1) is 6.92 Å². The lowest BCUT2D eigenvalue weighted by atomic mass is 10.1. The molecule has 0 radical (unpaired) electrons. The molecule has 0 atom stereocenters. The summed E-state index contributed by atoms with van der Waals surface area (Å²) in [5.74, 6) is -0.00766. The number of hydrogen-bond acceptors (Lipinski definition) is 4. The second-order valence-electron chi connectivity index (χ2n) is 5.21. The Bertz CT molecular complexity index is 950. The SMILES string of the molecule is Cc1cc(=O)oc2cc(NCc3cc(Cl)cc(Cl)c3O)ccc12. The molecule has 0 spiro atoms. The van der Waals surface area contributed by atoms with Crippen LogP contribution in [0.2, 0.25) is 10.0 Å². The normalized spacial score (nSPS) is 10.9. The molecule has 0 saturated heterocycles. The molecule has 0 aliphatic carbocycles. The smallest absolute Gasteiger partial charge is 0.336 e. The molecule has 23 heavy (non-hydrogen) atoms. The predicted molar refractivity (Wildman–Crippen MR) is 92.7 cm³/mol. The fourth-order valence-corrected chi connectivity index (χ4v) is 2.92. The van der Waals surface area contributed by atoms with Gasteiger partial charge in [-0.25, -0.2) is 4.79 Å². The first kappa shape index (κ1) is 15.7. The zero-order valence-electron chi connectivity index (χ0n) is 12.2. The number of hydrogen-bond donors (Lipinski definition) is 2. The van der Waals surface area contributed by atoms with E-state index in [1.54, 1.807) is 12.1 Å². The highest BCUT2D eigenvalue weighted by Crippen LogP contribution is 2.31. The van der Waals surface area contributed by atoms with Gasteiger partial charge in [-0.15, -0.1) is 0 Å². The number of aromatic hydroxyl groups is 1. The summed E-state index contributed by atoms with van der Waals surface area (Å²) in [7, 11) is 0. The Hall–Kier alpha value is -2.17. The molecule has 4 nitrogen and oxygen atoms in total. The van der Waals surface area contributed by atoms with Gasteiger partial charge in [0.1, 0.15) is 11.3 Å². The Labute approximate surface area is 142 Å². The molecule has 2 aromatic carbocycles. The fourth-order valence-electron chi connectivity index (χ4n) is 2.39. The highest BCUT2D eigenvalue weighted by Gasteiger charge is 2.08. The van der Waals surface area contributed by atoms with Crippen molar-refractivity contribution in [2.45, 2.75) is 13.5 Å². The van der Waals surface area contributed by atoms with Crippen LogP contribution in [0.25, 0.3) is 11.0 Å². The fraction of sp³-hybridized carbons (Fsp3) is 0.118. The number of benzene rings is 2. The Morgan fingerprint density at radius 1 is 1.17 bits per heavy atom. The van der Waals surface area contributed by atoms with Crippen molar-refractivity contribution < 1.29 is 9.52 Å². The topological polar surface area (TPSA) is 62.5 Å². The van der Waals surface area contributed by atoms with Gasteiger partial charge in [-0.3, -0.25) is 0 Å². The van der Waals surface area contributed by atoms with Gasteiger partial charge in [-0.2, -0.15) is 0 Å². The number of aryl methyl sites for hydroxylation is 1. The molecule has 0 fully saturated rings. The van der Waals surface area contributed by atoms with Crippen LogP contribution < -0.4 is 10.9 Å². The number of halogens is 2. The van der Waals surface area contributed by atoms with E-state index in [2.05, 4.69) is 5.32 Å². The van der Waals surface area contributed by atoms with E-state index in [-0.39, 0.29) is 16.4 Å². The van der Waals surface area contributed by atoms with Crippen LogP contribution in [-0.4, -0.2) is 5.11 Å². The molecular weight excluding hydrogens is 337 g/mol. The van der Waals surface area contributed by atoms with Crippen molar-refractivity contribution in [1.82, 2.24) is 0 Å². The Kier molecular flexibility index (Phi) is 4.20. The van der Waals surface area contributed by atoms with Gasteiger partial charge in [0, 0.05) is 40.3 Å². The van der Waals surface area contributed by atoms with Gasteiger partial charge in [-0.05, 0) is 36.8 Å². The first-order valence-corrected chi connectivity index (χ1v) is 7.65. The minimum absolute atomic E-state index is 0.00766. The Morgan fingerprint density at radius 3 is 2.74 bits per heavy atom. The number of phenolic OH excluding ortho intramolecular Hbond substituents is 1. The maximum atomic E-state index is 11.5. The number of fused-ring (bicyclic) bond motifs is 1. The molecule has 0 aliphatic rings. The van der Waals surface area contributed by atoms with E-state index in [1.165, 1.54) is 12.1 Å². The molecule has 2 N–H and O–H groups in total. The van der Waals surface area contributed by atoms with Gasteiger partial charge >= 0.3 is 5.63 Å². The number of phenols is 1. The molecule has 6 heteroatoms. The summed E-state index contributed by atoms with van der Waals surface area (Å²) in [6, 6.07) is 10.1. The average Bonchev–Trinajstić information content (AvgIpc) is 2.48. The lowest BCUT2D eigenvalue weighted by Gasteiger charge is -2.10. The van der Waals surface area contributed by atoms with E-state index >= 15 is 0 Å². The van der Waals surface area contributed by atoms with Crippen LogP contribution in [0.3, 0.4) is 0 Å². The maximum Gasteiger partial charge on any atom is 0.336 e. The zero-order valence-corrected chi connectivity index (χ0v) is 13.7. The van der Waals surface area contributed by atoms with E-state index < -0.39 is 0 Å². The number of nitrogens with one attached hydrogen (secondary N) is 1. The van der Waals surface area contributed by atoms with Crippen molar-refractivity contribution in [3.05, 3.63) is 68.0 Å². The Balaban J connectivity index is 1.89. The molecule has 3 rings (SSSR count). The minimum atomic E-state index is -0.383. The van der Waals surface area contributed by atoms with E-state index in [1.807, 2.05) is 19.1 Å². The first-order chi connectivity index (χ1) is 10.9. The molecular formula is C17H13Cl2NO3. The van der Waals surface area contributed by atoms with Crippen LogP contribution in [0.1, 0.15) is 11.1 Å². The first-order valence-electron chi connectivity index (χ1n) is 6.89. The zero-order chi connectivity index (χ0) is 16.6. The summed E-state index contributed by atoms with van der Waals surface area (Å²) < 4.78 is 5.21. The van der Waals surface area contributed by atoms with Crippen LogP contribution >= 0.6 is 23.2 Å². The van der Waals surface area contributed by atoms with Crippen molar-refractivity contribution in [2.24, 2.45) is 0 Å². The summed E-state index contributed by atoms with van der Waals surface area (Å²) >= 11 is 11.8. The molecule has 0 aliphatic heterocycles. The molecule has 3 aromatic rings. The van der Waals surface area contributed by atoms with E-state index in [0.717, 1.165) is 16.6 Å². The minimum Gasteiger partial charge on any atom is -0.506 e. The third kappa shape index (κ3) is 3.28. The Morgan fingerprint density at radius 2 is 1.96 bits per heavy atom. The third-order valence-electron chi connectivity index (χ3n) is 3.54. The molecule has 0 unspecified atom stereocenters. The molecule has 118 valence electrons. The molecule has 0 saturated carbocycles. The van der Waals surface area contributed by atoms with Crippen LogP contribution in [0.15, 0.2) is 45.6 Å². The van der Waals surface area contributed by atoms with Gasteiger partial charge in [0.25, 0.3) is 0 Å². The van der Waals surface area contributed by atoms with E-state index in [4.69, 9.17) is 27.6 Å². The van der Waals surface area contributed by atoms with Crippen LogP contribution in [0.4, 0.5) is 5.69 Å². The molecule has 0 bridgehead atoms. The lowest BCUT2D eigenvalue weighted by molar-refractivity contribution is 0.469. The van der Waals surface area contributed by atoms with E-state index in [0.29, 0.717) is 22.7 Å². The van der Waals surface area contributed by atoms with Crippen LogP contribution in [0.5, 0.6) is 5.75 Å². The standard InChI is InChI=1S/C17H13Cl2NO3/c1-9-4-16(21)23-15-7-12(2-3-13(9)15)20-8-10-5-11(18)6-14(19)17(10)22/h2-7,20,22H,8H2,1H3. The number of rotatable bonds is 3. The van der Waals surface area contributed by atoms with Gasteiger partial charge in [0.05, 0.1) is 5.02 Å². The van der Waals surface area contributed by atoms with Crippen molar-refractivity contribution in [1.29, 1.82) is 0 Å². The third-order valence-corrected chi connectivity index (χ3v) is 4.05. The highest BCUT2D eigenvalue weighted by molar-refractivity contribution is 6.35. The summed E-state index contributed by atoms with van der Waals surface area (Å²) in [5.41, 5.74) is 2.32. The summed E-state index contributed by atoms with van der Waals surface area (Å²) in [6.07, 6.45) is 0.